The molecule has 0 saturated heterocycles. The van der Waals surface area contributed by atoms with Crippen LogP contribution in [0.3, 0.4) is 0 Å². The Hall–Kier alpha value is -2.58. The van der Waals surface area contributed by atoms with Gasteiger partial charge in [0.25, 0.3) is 0 Å². The number of nitrogens with one attached hydrogen (secondary N) is 3. The van der Waals surface area contributed by atoms with Crippen LogP contribution in [0.2, 0.25) is 0 Å². The number of carbonyl (C=O) groups is 1. The molecular weight excluding hydrogens is 350 g/mol. The monoisotopic (exact) mass is 373 g/mol. The second kappa shape index (κ2) is 9.79. The molecule has 1 heterocycles. The number of rotatable bonds is 7. The van der Waals surface area contributed by atoms with Crippen LogP contribution in [0.1, 0.15) is 24.1 Å². The van der Waals surface area contributed by atoms with E-state index in [4.69, 9.17) is 15.9 Å². The highest BCUT2D eigenvalue weighted by Gasteiger charge is 2.12. The molecule has 1 aromatic carbocycles. The van der Waals surface area contributed by atoms with E-state index >= 15 is 0 Å². The molecule has 5 N–H and O–H groups in total. The molecule has 0 radical (unpaired) electrons. The Morgan fingerprint density at radius 1 is 1.38 bits per heavy atom. The number of carbonyl (C=O) groups excluding carboxylic acids is 1. The molecule has 8 heteroatoms. The Bertz CT molecular complexity index is 755. The Kier molecular flexibility index (Phi) is 7.43. The topological polar surface area (TPSA) is 113 Å². The van der Waals surface area contributed by atoms with Gasteiger partial charge in [0, 0.05) is 36.4 Å². The number of methoxy groups -OCH3 is 1. The Labute approximate surface area is 157 Å². The van der Waals surface area contributed by atoms with E-state index in [0.717, 1.165) is 5.56 Å². The van der Waals surface area contributed by atoms with Gasteiger partial charge in [-0.15, -0.1) is 11.8 Å². The molecule has 0 aliphatic carbocycles. The smallest absolute Gasteiger partial charge is 0.320 e. The van der Waals surface area contributed by atoms with Crippen molar-refractivity contribution in [1.82, 2.24) is 10.3 Å². The minimum Gasteiger partial charge on any atom is -0.398 e. The van der Waals surface area contributed by atoms with Gasteiger partial charge >= 0.3 is 6.03 Å². The quantitative estimate of drug-likeness (QED) is 0.338. The summed E-state index contributed by atoms with van der Waals surface area (Å²) in [7, 11) is 1.62. The highest BCUT2D eigenvalue weighted by molar-refractivity contribution is 8.14. The number of hydrogen-bond acceptors (Lipinski definition) is 6. The molecule has 1 unspecified atom stereocenters. The minimum absolute atomic E-state index is 0.141. The molecule has 0 aliphatic rings. The van der Waals surface area contributed by atoms with Crippen molar-refractivity contribution in [2.24, 2.45) is 0 Å². The molecular formula is C18H23N5O2S. The fourth-order valence-corrected chi connectivity index (χ4v) is 2.99. The van der Waals surface area contributed by atoms with Crippen molar-refractivity contribution in [2.75, 3.05) is 30.5 Å². The number of thioether (sulfide) groups is 1. The van der Waals surface area contributed by atoms with Gasteiger partial charge in [-0.3, -0.25) is 10.7 Å². The van der Waals surface area contributed by atoms with Crippen LogP contribution in [0.4, 0.5) is 16.3 Å². The first-order valence-corrected chi connectivity index (χ1v) is 9.08. The van der Waals surface area contributed by atoms with Crippen LogP contribution in [0.5, 0.6) is 0 Å². The predicted molar refractivity (Wildman–Crippen MR) is 107 cm³/mol. The first kappa shape index (κ1) is 19.7. The van der Waals surface area contributed by atoms with E-state index in [-0.39, 0.29) is 12.1 Å². The molecule has 0 bridgehead atoms. The molecule has 26 heavy (non-hydrogen) atoms. The van der Waals surface area contributed by atoms with Crippen molar-refractivity contribution >= 4 is 34.3 Å². The summed E-state index contributed by atoms with van der Waals surface area (Å²) in [6.45, 7) is 2.46. The number of nitrogens with zero attached hydrogens (tertiary/aromatic N) is 1. The molecule has 0 fully saturated rings. The number of hydrogen-bond donors (Lipinski definition) is 4. The lowest BCUT2D eigenvalue weighted by Gasteiger charge is -2.15. The van der Waals surface area contributed by atoms with Crippen molar-refractivity contribution in [2.45, 2.75) is 13.0 Å². The van der Waals surface area contributed by atoms with Crippen molar-refractivity contribution in [3.05, 3.63) is 53.7 Å². The molecule has 0 saturated carbocycles. The number of pyridine rings is 1. The zero-order valence-corrected chi connectivity index (χ0v) is 15.6. The number of benzene rings is 1. The largest absolute Gasteiger partial charge is 0.398 e. The summed E-state index contributed by atoms with van der Waals surface area (Å²) in [5, 5.41) is 13.9. The average Bonchev–Trinajstić information content (AvgIpc) is 2.62. The Balaban J connectivity index is 1.94. The Morgan fingerprint density at radius 2 is 2.12 bits per heavy atom. The van der Waals surface area contributed by atoms with Gasteiger partial charge in [0.1, 0.15) is 5.82 Å². The number of urea groups is 1. The van der Waals surface area contributed by atoms with E-state index < -0.39 is 0 Å². The van der Waals surface area contributed by atoms with E-state index in [1.54, 1.807) is 13.2 Å². The summed E-state index contributed by atoms with van der Waals surface area (Å²) in [4.78, 5) is 16.3. The molecule has 2 rings (SSSR count). The van der Waals surface area contributed by atoms with Gasteiger partial charge < -0.3 is 15.8 Å². The van der Waals surface area contributed by atoms with E-state index in [1.807, 2.05) is 37.3 Å². The summed E-state index contributed by atoms with van der Waals surface area (Å²) >= 11 is 1.33. The highest BCUT2D eigenvalue weighted by Crippen LogP contribution is 2.20. The standard InChI is InChI=1S/C18H23N5O2S/c1-12(13-6-4-3-5-7-13)22-18(24)23-16-10-15(19)14(11-21-16)17(20)26-9-8-25-2/h3-7,10-12,20H,8-9H2,1-2H3,(H4,19,21,22,23,24). The number of aromatic nitrogens is 1. The SMILES string of the molecule is COCCSC(=N)c1cnc(NC(=O)NC(C)c2ccccc2)cc1N. The number of nitrogens with two attached hydrogens (primary N) is 1. The first-order valence-electron chi connectivity index (χ1n) is 8.10. The van der Waals surface area contributed by atoms with Gasteiger partial charge in [0.05, 0.1) is 17.7 Å². The molecule has 1 aromatic heterocycles. The maximum Gasteiger partial charge on any atom is 0.320 e. The zero-order valence-electron chi connectivity index (χ0n) is 14.8. The van der Waals surface area contributed by atoms with Gasteiger partial charge in [-0.2, -0.15) is 0 Å². The van der Waals surface area contributed by atoms with E-state index in [1.165, 1.54) is 18.0 Å². The summed E-state index contributed by atoms with van der Waals surface area (Å²) in [6, 6.07) is 10.7. The van der Waals surface area contributed by atoms with Crippen LogP contribution in [0.15, 0.2) is 42.6 Å². The number of nitrogen functional groups attached to an aromatic ring is 1. The van der Waals surface area contributed by atoms with Crippen LogP contribution in [0, 0.1) is 5.41 Å². The van der Waals surface area contributed by atoms with Crippen molar-refractivity contribution in [1.29, 1.82) is 5.41 Å². The third-order valence-electron chi connectivity index (χ3n) is 3.60. The van der Waals surface area contributed by atoms with Crippen molar-refractivity contribution in [3.63, 3.8) is 0 Å². The molecule has 1 atom stereocenters. The van der Waals surface area contributed by atoms with Gasteiger partial charge in [0.2, 0.25) is 0 Å². The fourth-order valence-electron chi connectivity index (χ4n) is 2.21. The molecule has 2 aromatic rings. The van der Waals surface area contributed by atoms with Crippen LogP contribution < -0.4 is 16.4 Å². The molecule has 0 spiro atoms. The van der Waals surface area contributed by atoms with Crippen molar-refractivity contribution < 1.29 is 9.53 Å². The fraction of sp³-hybridized carbons (Fsp3) is 0.278. The second-order valence-electron chi connectivity index (χ2n) is 5.56. The third-order valence-corrected chi connectivity index (χ3v) is 4.48. The van der Waals surface area contributed by atoms with Gasteiger partial charge in [-0.25, -0.2) is 9.78 Å². The van der Waals surface area contributed by atoms with Crippen LogP contribution in [-0.2, 0) is 4.74 Å². The number of anilines is 2. The summed E-state index contributed by atoms with van der Waals surface area (Å²) < 4.78 is 4.97. The lowest BCUT2D eigenvalue weighted by molar-refractivity contribution is 0.219. The lowest BCUT2D eigenvalue weighted by Crippen LogP contribution is -2.31. The number of amides is 2. The predicted octanol–water partition coefficient (Wildman–Crippen LogP) is 3.25. The van der Waals surface area contributed by atoms with E-state index in [9.17, 15) is 4.79 Å². The maximum absolute atomic E-state index is 12.1. The van der Waals surface area contributed by atoms with Crippen LogP contribution >= 0.6 is 11.8 Å². The van der Waals surface area contributed by atoms with Gasteiger partial charge in [-0.1, -0.05) is 30.3 Å². The maximum atomic E-state index is 12.1. The molecule has 138 valence electrons. The third kappa shape index (κ3) is 5.75. The zero-order chi connectivity index (χ0) is 18.9. The molecule has 0 aliphatic heterocycles. The summed E-state index contributed by atoms with van der Waals surface area (Å²) in [5.41, 5.74) is 7.93. The average molecular weight is 373 g/mol. The first-order chi connectivity index (χ1) is 12.5. The highest BCUT2D eigenvalue weighted by atomic mass is 32.2. The van der Waals surface area contributed by atoms with E-state index in [0.29, 0.717) is 34.5 Å². The normalized spacial score (nSPS) is 11.6. The summed E-state index contributed by atoms with van der Waals surface area (Å²) in [6.07, 6.45) is 1.49. The number of ether oxygens (including phenoxy) is 1. The molecule has 2 amide bonds. The van der Waals surface area contributed by atoms with Crippen LogP contribution in [-0.4, -0.2) is 35.5 Å². The second-order valence-corrected chi connectivity index (χ2v) is 6.66. The lowest BCUT2D eigenvalue weighted by atomic mass is 10.1. The minimum atomic E-state index is -0.370. The van der Waals surface area contributed by atoms with E-state index in [2.05, 4.69) is 15.6 Å². The van der Waals surface area contributed by atoms with Crippen molar-refractivity contribution in [3.8, 4) is 0 Å². The summed E-state index contributed by atoms with van der Waals surface area (Å²) in [5.74, 6) is 0.993. The van der Waals surface area contributed by atoms with Gasteiger partial charge in [-0.05, 0) is 12.5 Å². The van der Waals surface area contributed by atoms with Crippen LogP contribution in [0.25, 0.3) is 0 Å². The Morgan fingerprint density at radius 3 is 2.77 bits per heavy atom. The molecule has 7 nitrogen and oxygen atoms in total. The van der Waals surface area contributed by atoms with Gasteiger partial charge in [0.15, 0.2) is 0 Å².